The summed E-state index contributed by atoms with van der Waals surface area (Å²) in [6.45, 7) is 0. The lowest BCUT2D eigenvalue weighted by molar-refractivity contribution is 0.628. The van der Waals surface area contributed by atoms with Crippen molar-refractivity contribution >= 4 is 22.0 Å². The average Bonchev–Trinajstić information content (AvgIpc) is 1.95. The van der Waals surface area contributed by atoms with Gasteiger partial charge in [-0.05, 0) is 28.8 Å². The first kappa shape index (κ1) is 7.48. The van der Waals surface area contributed by atoms with Gasteiger partial charge >= 0.3 is 0 Å². The molecule has 10 heavy (non-hydrogen) atoms. The Labute approximate surface area is 67.5 Å². The van der Waals surface area contributed by atoms with Crippen molar-refractivity contribution in [3.63, 3.8) is 0 Å². The van der Waals surface area contributed by atoms with Gasteiger partial charge in [0.2, 0.25) is 0 Å². The van der Waals surface area contributed by atoms with E-state index in [-0.39, 0.29) is 5.82 Å². The molecule has 0 saturated carbocycles. The van der Waals surface area contributed by atoms with Crippen LogP contribution in [0.1, 0.15) is 5.56 Å². The fourth-order valence-corrected chi connectivity index (χ4v) is 0.952. The fraction of sp³-hybridized carbons (Fsp3) is 0. The maximum Gasteiger partial charge on any atom is 0.123 e. The lowest BCUT2D eigenvalue weighted by atomic mass is 10.2. The van der Waals surface area contributed by atoms with Gasteiger partial charge in [-0.25, -0.2) is 4.39 Å². The lowest BCUT2D eigenvalue weighted by Crippen LogP contribution is -1.72. The Morgan fingerprint density at radius 2 is 1.80 bits per heavy atom. The van der Waals surface area contributed by atoms with E-state index in [9.17, 15) is 4.39 Å². The molecule has 0 spiro atoms. The molecule has 0 atom stereocenters. The molecule has 0 amide bonds. The van der Waals surface area contributed by atoms with Crippen LogP contribution in [0.5, 0.6) is 0 Å². The molecule has 0 aliphatic rings. The Kier molecular flexibility index (Phi) is 2.63. The van der Waals surface area contributed by atoms with Crippen molar-refractivity contribution < 1.29 is 4.39 Å². The van der Waals surface area contributed by atoms with Crippen molar-refractivity contribution in [3.8, 4) is 0 Å². The van der Waals surface area contributed by atoms with Crippen LogP contribution < -0.4 is 0 Å². The van der Waals surface area contributed by atoms with E-state index >= 15 is 0 Å². The summed E-state index contributed by atoms with van der Waals surface area (Å²) in [5, 5.41) is 0. The molecule has 52 valence electrons. The molecule has 0 fully saturated rings. The Hall–Kier alpha value is -0.630. The summed E-state index contributed by atoms with van der Waals surface area (Å²) in [6, 6.07) is 6.30. The molecule has 0 bridgehead atoms. The second kappa shape index (κ2) is 3.52. The Morgan fingerprint density at radius 3 is 2.30 bits per heavy atom. The molecule has 1 aromatic rings. The van der Waals surface area contributed by atoms with Gasteiger partial charge in [0.25, 0.3) is 0 Å². The molecule has 0 radical (unpaired) electrons. The Bertz CT molecular complexity index is 226. The minimum Gasteiger partial charge on any atom is -0.207 e. The van der Waals surface area contributed by atoms with E-state index in [0.29, 0.717) is 0 Å². The third-order valence-corrected chi connectivity index (χ3v) is 1.39. The molecular formula is C8H6BrF. The molecule has 0 unspecified atom stereocenters. The molecule has 2 heteroatoms. The molecule has 1 rings (SSSR count). The molecule has 0 N–H and O–H groups in total. The Morgan fingerprint density at radius 1 is 1.20 bits per heavy atom. The number of halogens is 2. The van der Waals surface area contributed by atoms with E-state index in [1.54, 1.807) is 17.1 Å². The maximum absolute atomic E-state index is 12.3. The molecule has 1 aromatic carbocycles. The van der Waals surface area contributed by atoms with Gasteiger partial charge in [0.15, 0.2) is 0 Å². The number of hydrogen-bond acceptors (Lipinski definition) is 0. The largest absolute Gasteiger partial charge is 0.207 e. The first-order valence-corrected chi connectivity index (χ1v) is 3.77. The van der Waals surface area contributed by atoms with Crippen LogP contribution in [-0.2, 0) is 0 Å². The highest BCUT2D eigenvalue weighted by molar-refractivity contribution is 9.11. The SMILES string of the molecule is Fc1ccc(/C=C\Br)cc1. The van der Waals surface area contributed by atoms with Crippen LogP contribution in [0.2, 0.25) is 0 Å². The van der Waals surface area contributed by atoms with Gasteiger partial charge in [0.1, 0.15) is 5.82 Å². The van der Waals surface area contributed by atoms with Gasteiger partial charge in [-0.1, -0.05) is 28.1 Å². The van der Waals surface area contributed by atoms with Gasteiger partial charge in [-0.15, -0.1) is 0 Å². The monoisotopic (exact) mass is 200 g/mol. The summed E-state index contributed by atoms with van der Waals surface area (Å²) >= 11 is 3.13. The molecule has 0 nitrogen and oxygen atoms in total. The van der Waals surface area contributed by atoms with Gasteiger partial charge in [0.05, 0.1) is 0 Å². The average molecular weight is 201 g/mol. The van der Waals surface area contributed by atoms with Crippen molar-refractivity contribution in [1.29, 1.82) is 0 Å². The van der Waals surface area contributed by atoms with Gasteiger partial charge in [-0.2, -0.15) is 0 Å². The topological polar surface area (TPSA) is 0 Å². The van der Waals surface area contributed by atoms with Crippen molar-refractivity contribution in [2.45, 2.75) is 0 Å². The smallest absolute Gasteiger partial charge is 0.123 e. The highest BCUT2D eigenvalue weighted by Gasteiger charge is 1.86. The van der Waals surface area contributed by atoms with E-state index in [1.165, 1.54) is 12.1 Å². The predicted octanol–water partition coefficient (Wildman–Crippen LogP) is 3.19. The number of hydrogen-bond donors (Lipinski definition) is 0. The molecule has 0 heterocycles. The quantitative estimate of drug-likeness (QED) is 0.654. The van der Waals surface area contributed by atoms with Gasteiger partial charge < -0.3 is 0 Å². The van der Waals surface area contributed by atoms with Crippen LogP contribution in [0.25, 0.3) is 6.08 Å². The van der Waals surface area contributed by atoms with Crippen molar-refractivity contribution in [3.05, 3.63) is 40.6 Å². The highest BCUT2D eigenvalue weighted by atomic mass is 79.9. The number of benzene rings is 1. The fourth-order valence-electron chi connectivity index (χ4n) is 0.647. The van der Waals surface area contributed by atoms with Crippen molar-refractivity contribution in [2.75, 3.05) is 0 Å². The maximum atomic E-state index is 12.3. The van der Waals surface area contributed by atoms with E-state index in [1.807, 2.05) is 6.08 Å². The van der Waals surface area contributed by atoms with Gasteiger partial charge in [-0.3, -0.25) is 0 Å². The summed E-state index contributed by atoms with van der Waals surface area (Å²) in [6.07, 6.45) is 1.85. The van der Waals surface area contributed by atoms with Crippen molar-refractivity contribution in [1.82, 2.24) is 0 Å². The van der Waals surface area contributed by atoms with Gasteiger partial charge in [0, 0.05) is 0 Å². The van der Waals surface area contributed by atoms with Crippen molar-refractivity contribution in [2.24, 2.45) is 0 Å². The van der Waals surface area contributed by atoms with E-state index < -0.39 is 0 Å². The van der Waals surface area contributed by atoms with Crippen LogP contribution in [0, 0.1) is 5.82 Å². The van der Waals surface area contributed by atoms with Crippen LogP contribution in [-0.4, -0.2) is 0 Å². The minimum atomic E-state index is -0.202. The molecule has 0 saturated heterocycles. The molecule has 0 aliphatic heterocycles. The van der Waals surface area contributed by atoms with Crippen LogP contribution in [0.4, 0.5) is 4.39 Å². The first-order chi connectivity index (χ1) is 4.83. The molecular weight excluding hydrogens is 195 g/mol. The third-order valence-electron chi connectivity index (χ3n) is 1.13. The first-order valence-electron chi connectivity index (χ1n) is 2.85. The number of rotatable bonds is 1. The van der Waals surface area contributed by atoms with Crippen LogP contribution in [0.3, 0.4) is 0 Å². The summed E-state index contributed by atoms with van der Waals surface area (Å²) in [5.41, 5.74) is 0.985. The highest BCUT2D eigenvalue weighted by Crippen LogP contribution is 2.05. The van der Waals surface area contributed by atoms with E-state index in [4.69, 9.17) is 0 Å². The zero-order chi connectivity index (χ0) is 7.40. The second-order valence-electron chi connectivity index (χ2n) is 1.84. The van der Waals surface area contributed by atoms with E-state index in [0.717, 1.165) is 5.56 Å². The lowest BCUT2D eigenvalue weighted by Gasteiger charge is -1.89. The van der Waals surface area contributed by atoms with Crippen LogP contribution >= 0.6 is 15.9 Å². The minimum absolute atomic E-state index is 0.202. The normalized spacial score (nSPS) is 10.6. The Balaban J connectivity index is 2.89. The molecule has 0 aromatic heterocycles. The summed E-state index contributed by atoms with van der Waals surface area (Å²) in [5.74, 6) is -0.202. The summed E-state index contributed by atoms with van der Waals surface area (Å²) in [4.78, 5) is 1.74. The summed E-state index contributed by atoms with van der Waals surface area (Å²) in [7, 11) is 0. The molecule has 0 aliphatic carbocycles. The zero-order valence-electron chi connectivity index (χ0n) is 5.22. The summed E-state index contributed by atoms with van der Waals surface area (Å²) < 4.78 is 12.3. The predicted molar refractivity (Wildman–Crippen MR) is 44.4 cm³/mol. The standard InChI is InChI=1S/C8H6BrF/c9-6-5-7-1-3-8(10)4-2-7/h1-6H/b6-5-. The van der Waals surface area contributed by atoms with E-state index in [2.05, 4.69) is 15.9 Å². The zero-order valence-corrected chi connectivity index (χ0v) is 6.81. The van der Waals surface area contributed by atoms with Crippen LogP contribution in [0.15, 0.2) is 29.3 Å². The second-order valence-corrected chi connectivity index (χ2v) is 2.37. The third kappa shape index (κ3) is 1.95.